The number of nitrogens with one attached hydrogen (secondary N) is 2. The second-order valence-corrected chi connectivity index (χ2v) is 24.0. The molecule has 18 heteroatoms. The van der Waals surface area contributed by atoms with Crippen molar-refractivity contribution in [2.45, 2.75) is 0 Å². The molecule has 2 aliphatic rings. The average molecular weight is 1340 g/mol. The Balaban J connectivity index is 0.000000160. The summed E-state index contributed by atoms with van der Waals surface area (Å²) in [6, 6.07) is 41.9. The molecule has 0 saturated carbocycles. The number of hydrogen-bond acceptors (Lipinski definition) is 7. The smallest absolute Gasteiger partial charge is 0.346 e. The van der Waals surface area contributed by atoms with Gasteiger partial charge >= 0.3 is 11.9 Å². The summed E-state index contributed by atoms with van der Waals surface area (Å²) >= 11 is 63.0. The van der Waals surface area contributed by atoms with Gasteiger partial charge in [-0.05, 0) is 84.9 Å². The molecular weight excluding hydrogens is 1310 g/mol. The summed E-state index contributed by atoms with van der Waals surface area (Å²) in [6.07, 6.45) is 0. The number of imide groups is 1. The minimum Gasteiger partial charge on any atom is -0.386 e. The third kappa shape index (κ3) is 7.54. The summed E-state index contributed by atoms with van der Waals surface area (Å²) in [7, 11) is 0. The SMILES string of the molecule is O=C1OC(=O)c2cc(Cl)c3c4c(Cl)cc(Br)c5c(Br)cc(Cl)c(c6c(Cl)cc1c2c63)c54.O=C1c2cc(Cl)c3c4c(Cl)cc(Nc5ccccc5)c5c(Nc6ccccc6)cc(Cl)c(c6c(Cl)cc(c2c36)C(=O)N1c1ccccc1)c54. The second kappa shape index (κ2) is 19.1. The topological polar surface area (TPSA) is 105 Å². The zero-order chi connectivity index (χ0) is 55.5. The largest absolute Gasteiger partial charge is 0.386 e. The van der Waals surface area contributed by atoms with Gasteiger partial charge in [0.1, 0.15) is 0 Å². The van der Waals surface area contributed by atoms with Crippen LogP contribution < -0.4 is 15.5 Å². The molecular formula is C62H25Br2Cl8N3O5. The maximum absolute atomic E-state index is 14.1. The van der Waals surface area contributed by atoms with Crippen LogP contribution in [0.1, 0.15) is 41.4 Å². The van der Waals surface area contributed by atoms with Crippen molar-refractivity contribution < 1.29 is 23.9 Å². The number of para-hydroxylation sites is 3. The molecule has 80 heavy (non-hydrogen) atoms. The molecule has 2 heterocycles. The van der Waals surface area contributed by atoms with E-state index >= 15 is 0 Å². The molecule has 2 amide bonds. The van der Waals surface area contributed by atoms with Crippen LogP contribution in [-0.4, -0.2) is 23.8 Å². The average Bonchev–Trinajstić information content (AvgIpc) is 3.54. The number of nitrogens with zero attached hydrogens (tertiary/aromatic N) is 1. The standard InChI is InChI=1S/C40H21Cl4N3O2.C22H4Br2Cl4O3/c41-25-16-23-31-24(40(49)47(39(23)48)22-14-8-3-9-15-22)17-26(42)33-35-28(44)19-30(46-21-12-6-2-7-13-21)36-29(45-20-10-4-1-5-11-20)18-27(43)34(38(35)36)32(25)37(31)33;23-7-3-11(27)17-15-9(25)1-5-13-6(22(30)31-21(5)29)2-10(26)16(19(13)15)18-12(28)4-8(24)14(7)20(17)18/h1-19,45-46H;1-4H. The van der Waals surface area contributed by atoms with Crippen molar-refractivity contribution in [2.24, 2.45) is 0 Å². The Bertz CT molecular complexity index is 4740. The van der Waals surface area contributed by atoms with E-state index in [4.69, 9.17) is 97.5 Å². The molecule has 2 aliphatic heterocycles. The molecule has 8 nitrogen and oxygen atoms in total. The molecule has 0 bridgehead atoms. The summed E-state index contributed by atoms with van der Waals surface area (Å²) in [5.41, 5.74) is 4.60. The zero-order valence-corrected chi connectivity index (χ0v) is 49.3. The lowest BCUT2D eigenvalue weighted by Crippen LogP contribution is -2.40. The van der Waals surface area contributed by atoms with Gasteiger partial charge in [0.05, 0.1) is 59.4 Å². The number of ether oxygens (including phenoxy) is 1. The van der Waals surface area contributed by atoms with E-state index in [9.17, 15) is 19.2 Å². The third-order valence-electron chi connectivity index (χ3n) is 14.7. The van der Waals surface area contributed by atoms with Crippen LogP contribution in [0.25, 0.3) is 86.2 Å². The van der Waals surface area contributed by atoms with Crippen molar-refractivity contribution in [2.75, 3.05) is 15.5 Å². The normalized spacial score (nSPS) is 13.3. The predicted octanol–water partition coefficient (Wildman–Crippen LogP) is 21.8. The number of carbonyl (C=O) groups excluding carboxylic acids is 4. The van der Waals surface area contributed by atoms with Gasteiger partial charge in [0.15, 0.2) is 0 Å². The number of hydrogen-bond donors (Lipinski definition) is 2. The van der Waals surface area contributed by atoms with Gasteiger partial charge in [0, 0.05) is 127 Å². The van der Waals surface area contributed by atoms with Crippen LogP contribution >= 0.6 is 125 Å². The molecule has 0 unspecified atom stereocenters. The first-order valence-electron chi connectivity index (χ1n) is 24.1. The van der Waals surface area contributed by atoms with Crippen LogP contribution in [0, 0.1) is 0 Å². The summed E-state index contributed by atoms with van der Waals surface area (Å²) in [5, 5.41) is 20.0. The highest BCUT2D eigenvalue weighted by atomic mass is 79.9. The van der Waals surface area contributed by atoms with Crippen LogP contribution in [0.2, 0.25) is 40.2 Å². The number of carbonyl (C=O) groups is 4. The van der Waals surface area contributed by atoms with E-state index in [0.717, 1.165) is 58.1 Å². The maximum Gasteiger partial charge on any atom is 0.346 e. The number of cyclic esters (lactones) is 2. The molecule has 0 saturated heterocycles. The quantitative estimate of drug-likeness (QED) is 0.0581. The zero-order valence-electron chi connectivity index (χ0n) is 40.0. The van der Waals surface area contributed by atoms with Crippen LogP contribution in [0.3, 0.4) is 0 Å². The van der Waals surface area contributed by atoms with E-state index in [1.807, 2.05) is 78.9 Å². The first-order chi connectivity index (χ1) is 38.5. The number of anilines is 5. The Kier molecular flexibility index (Phi) is 12.4. The van der Waals surface area contributed by atoms with Crippen LogP contribution in [0.15, 0.2) is 148 Å². The minimum absolute atomic E-state index is 0.192. The van der Waals surface area contributed by atoms with Gasteiger partial charge in [-0.2, -0.15) is 0 Å². The Morgan fingerprint density at radius 1 is 0.325 bits per heavy atom. The fourth-order valence-corrected chi connectivity index (χ4v) is 15.9. The van der Waals surface area contributed by atoms with E-state index < -0.39 is 23.8 Å². The summed E-state index contributed by atoms with van der Waals surface area (Å²) in [6.45, 7) is 0. The molecule has 2 N–H and O–H groups in total. The number of benzene rings is 13. The molecule has 0 spiro atoms. The molecule has 0 radical (unpaired) electrons. The molecule has 13 aromatic rings. The highest BCUT2D eigenvalue weighted by Crippen LogP contribution is 2.57. The van der Waals surface area contributed by atoms with Crippen LogP contribution in [0.5, 0.6) is 0 Å². The van der Waals surface area contributed by atoms with Crippen molar-refractivity contribution in [3.8, 4) is 0 Å². The van der Waals surface area contributed by atoms with Crippen molar-refractivity contribution in [1.82, 2.24) is 0 Å². The van der Waals surface area contributed by atoms with Crippen molar-refractivity contribution in [3.05, 3.63) is 211 Å². The fourth-order valence-electron chi connectivity index (χ4n) is 11.7. The van der Waals surface area contributed by atoms with Crippen LogP contribution in [-0.2, 0) is 4.74 Å². The summed E-state index contributed by atoms with van der Waals surface area (Å²) in [5.74, 6) is -2.50. The Hall–Kier alpha value is -6.38. The number of halogens is 10. The lowest BCUT2D eigenvalue weighted by Gasteiger charge is -2.30. The number of esters is 2. The van der Waals surface area contributed by atoms with E-state index in [1.54, 1.807) is 48.5 Å². The maximum atomic E-state index is 14.1. The highest BCUT2D eigenvalue weighted by Gasteiger charge is 2.38. The Labute approximate surface area is 508 Å². The highest BCUT2D eigenvalue weighted by molar-refractivity contribution is 9.11. The first-order valence-corrected chi connectivity index (χ1v) is 28.7. The second-order valence-electron chi connectivity index (χ2n) is 19.1. The molecule has 13 aromatic carbocycles. The molecule has 0 aliphatic carbocycles. The van der Waals surface area contributed by atoms with Crippen molar-refractivity contribution in [3.63, 3.8) is 0 Å². The number of amides is 2. The van der Waals surface area contributed by atoms with Crippen molar-refractivity contribution >= 4 is 263 Å². The van der Waals surface area contributed by atoms with Gasteiger partial charge in [-0.1, -0.05) is 179 Å². The lowest BCUT2D eigenvalue weighted by atomic mass is 9.84. The van der Waals surface area contributed by atoms with Crippen LogP contribution in [0.4, 0.5) is 28.4 Å². The van der Waals surface area contributed by atoms with Gasteiger partial charge in [-0.25, -0.2) is 14.5 Å². The Morgan fingerprint density at radius 3 is 1.01 bits per heavy atom. The van der Waals surface area contributed by atoms with E-state index in [0.29, 0.717) is 100 Å². The van der Waals surface area contributed by atoms with E-state index in [-0.39, 0.29) is 32.3 Å². The molecule has 0 atom stereocenters. The third-order valence-corrected chi connectivity index (χ3v) is 18.4. The molecule has 388 valence electrons. The van der Waals surface area contributed by atoms with Gasteiger partial charge in [0.25, 0.3) is 11.8 Å². The first kappa shape index (κ1) is 51.7. The number of rotatable bonds is 5. The van der Waals surface area contributed by atoms with Gasteiger partial charge in [0.2, 0.25) is 0 Å². The monoisotopic (exact) mass is 1330 g/mol. The predicted molar refractivity (Wildman–Crippen MR) is 338 cm³/mol. The van der Waals surface area contributed by atoms with Gasteiger partial charge in [-0.15, -0.1) is 0 Å². The van der Waals surface area contributed by atoms with Gasteiger partial charge in [-0.3, -0.25) is 9.59 Å². The lowest BCUT2D eigenvalue weighted by molar-refractivity contribution is 0.0390. The Morgan fingerprint density at radius 2 is 0.625 bits per heavy atom. The fraction of sp³-hybridized carbons (Fsp3) is 0. The van der Waals surface area contributed by atoms with Crippen molar-refractivity contribution in [1.29, 1.82) is 0 Å². The molecule has 0 aromatic heterocycles. The summed E-state index contributed by atoms with van der Waals surface area (Å²) in [4.78, 5) is 54.4. The summed E-state index contributed by atoms with van der Waals surface area (Å²) < 4.78 is 6.42. The van der Waals surface area contributed by atoms with E-state index in [1.165, 1.54) is 12.1 Å². The minimum atomic E-state index is -0.765. The van der Waals surface area contributed by atoms with Gasteiger partial charge < -0.3 is 15.4 Å². The number of fused-ring (bicyclic) bond motifs is 4. The molecule has 15 rings (SSSR count). The van der Waals surface area contributed by atoms with E-state index in [2.05, 4.69) is 42.5 Å². The molecule has 0 fully saturated rings.